The predicted octanol–water partition coefficient (Wildman–Crippen LogP) is 2.58. The van der Waals surface area contributed by atoms with Crippen molar-refractivity contribution >= 4 is 32.9 Å². The molecular weight excluding hydrogens is 236 g/mol. The van der Waals surface area contributed by atoms with Crippen LogP contribution in [0.15, 0.2) is 28.7 Å². The molecule has 0 bridgehead atoms. The van der Waals surface area contributed by atoms with Gasteiger partial charge in [-0.05, 0) is 17.7 Å². The zero-order valence-electron chi connectivity index (χ0n) is 6.38. The summed E-state index contributed by atoms with van der Waals surface area (Å²) in [5.74, 6) is 0.759. The summed E-state index contributed by atoms with van der Waals surface area (Å²) in [5.41, 5.74) is 6.38. The Labute approximate surface area is 84.2 Å². The van der Waals surface area contributed by atoms with E-state index in [2.05, 4.69) is 15.9 Å². The second-order valence-corrected chi connectivity index (χ2v) is 4.22. The van der Waals surface area contributed by atoms with Crippen LogP contribution in [0.25, 0.3) is 0 Å². The maximum absolute atomic E-state index is 7.03. The largest absolute Gasteiger partial charge is 0.379 e. The molecular formula is C8H9BrN2S. The van der Waals surface area contributed by atoms with Gasteiger partial charge in [-0.25, -0.2) is 0 Å². The molecule has 0 aromatic heterocycles. The lowest BCUT2D eigenvalue weighted by Gasteiger charge is -1.99. The second-order valence-electron chi connectivity index (χ2n) is 2.28. The normalized spacial score (nSPS) is 9.75. The van der Waals surface area contributed by atoms with Crippen molar-refractivity contribution in [1.82, 2.24) is 0 Å². The Morgan fingerprint density at radius 3 is 2.92 bits per heavy atom. The van der Waals surface area contributed by atoms with E-state index in [4.69, 9.17) is 11.1 Å². The smallest absolute Gasteiger partial charge is 0.151 e. The number of amidine groups is 1. The fourth-order valence-corrected chi connectivity index (χ4v) is 1.74. The lowest BCUT2D eigenvalue weighted by atomic mass is 10.2. The van der Waals surface area contributed by atoms with Crippen LogP contribution in [0.1, 0.15) is 5.56 Å². The molecule has 0 aliphatic carbocycles. The molecule has 0 amide bonds. The van der Waals surface area contributed by atoms with Crippen molar-refractivity contribution in [2.24, 2.45) is 5.73 Å². The van der Waals surface area contributed by atoms with Crippen molar-refractivity contribution < 1.29 is 0 Å². The molecule has 0 unspecified atom stereocenters. The first kappa shape index (κ1) is 9.61. The molecule has 0 atom stereocenters. The molecule has 3 N–H and O–H groups in total. The first-order valence-electron chi connectivity index (χ1n) is 3.40. The lowest BCUT2D eigenvalue weighted by molar-refractivity contribution is 1.40. The van der Waals surface area contributed by atoms with Crippen LogP contribution in [0, 0.1) is 5.41 Å². The molecule has 1 aromatic rings. The van der Waals surface area contributed by atoms with Gasteiger partial charge in [0.05, 0.1) is 0 Å². The van der Waals surface area contributed by atoms with Crippen molar-refractivity contribution in [3.63, 3.8) is 0 Å². The van der Waals surface area contributed by atoms with Gasteiger partial charge in [-0.2, -0.15) is 0 Å². The van der Waals surface area contributed by atoms with Gasteiger partial charge in [0, 0.05) is 10.2 Å². The minimum Gasteiger partial charge on any atom is -0.379 e. The topological polar surface area (TPSA) is 49.9 Å². The molecule has 1 rings (SSSR count). The van der Waals surface area contributed by atoms with E-state index in [0.29, 0.717) is 0 Å². The van der Waals surface area contributed by atoms with Crippen molar-refractivity contribution in [3.8, 4) is 0 Å². The number of nitrogens with one attached hydrogen (secondary N) is 1. The average Bonchev–Trinajstić information content (AvgIpc) is 2.01. The number of hydrogen-bond donors (Lipinski definition) is 2. The molecule has 0 heterocycles. The zero-order chi connectivity index (χ0) is 8.97. The summed E-state index contributed by atoms with van der Waals surface area (Å²) in [6.45, 7) is 0. The quantitative estimate of drug-likeness (QED) is 0.621. The Bertz CT molecular complexity index is 288. The van der Waals surface area contributed by atoms with E-state index in [1.807, 2.05) is 24.3 Å². The third kappa shape index (κ3) is 3.28. The molecule has 0 radical (unpaired) electrons. The highest BCUT2D eigenvalue weighted by Gasteiger charge is 1.95. The van der Waals surface area contributed by atoms with Crippen LogP contribution in [0.4, 0.5) is 0 Å². The SMILES string of the molecule is N=C(N)SCc1cccc(Br)c1. The van der Waals surface area contributed by atoms with Gasteiger partial charge in [0.2, 0.25) is 0 Å². The molecule has 0 saturated carbocycles. The number of nitrogens with two attached hydrogens (primary N) is 1. The number of rotatable bonds is 2. The van der Waals surface area contributed by atoms with Gasteiger partial charge >= 0.3 is 0 Å². The highest BCUT2D eigenvalue weighted by molar-refractivity contribution is 9.10. The summed E-state index contributed by atoms with van der Waals surface area (Å²) in [6, 6.07) is 7.98. The van der Waals surface area contributed by atoms with E-state index < -0.39 is 0 Å². The van der Waals surface area contributed by atoms with E-state index in [1.165, 1.54) is 17.3 Å². The summed E-state index contributed by atoms with van der Waals surface area (Å²) in [4.78, 5) is 0. The van der Waals surface area contributed by atoms with Gasteiger partial charge in [0.1, 0.15) is 0 Å². The molecule has 0 spiro atoms. The van der Waals surface area contributed by atoms with Crippen LogP contribution >= 0.6 is 27.7 Å². The molecule has 64 valence electrons. The molecule has 0 saturated heterocycles. The van der Waals surface area contributed by atoms with Gasteiger partial charge in [-0.3, -0.25) is 5.41 Å². The van der Waals surface area contributed by atoms with Crippen LogP contribution in [0.2, 0.25) is 0 Å². The Hall–Kier alpha value is -0.480. The van der Waals surface area contributed by atoms with Crippen LogP contribution in [0.3, 0.4) is 0 Å². The Morgan fingerprint density at radius 1 is 1.58 bits per heavy atom. The van der Waals surface area contributed by atoms with Crippen LogP contribution in [0.5, 0.6) is 0 Å². The van der Waals surface area contributed by atoms with Crippen molar-refractivity contribution in [2.45, 2.75) is 5.75 Å². The van der Waals surface area contributed by atoms with Crippen LogP contribution in [-0.4, -0.2) is 5.17 Å². The second kappa shape index (κ2) is 4.52. The van der Waals surface area contributed by atoms with Crippen LogP contribution in [-0.2, 0) is 5.75 Å². The van der Waals surface area contributed by atoms with Crippen molar-refractivity contribution in [3.05, 3.63) is 34.3 Å². The molecule has 0 aliphatic rings. The first-order valence-corrected chi connectivity index (χ1v) is 5.17. The molecule has 0 aliphatic heterocycles. The maximum atomic E-state index is 7.03. The molecule has 1 aromatic carbocycles. The van der Waals surface area contributed by atoms with Crippen LogP contribution < -0.4 is 5.73 Å². The first-order chi connectivity index (χ1) is 5.68. The van der Waals surface area contributed by atoms with Crippen molar-refractivity contribution in [1.29, 1.82) is 5.41 Å². The molecule has 2 nitrogen and oxygen atoms in total. The minimum absolute atomic E-state index is 0.162. The fraction of sp³-hybridized carbons (Fsp3) is 0.125. The summed E-state index contributed by atoms with van der Waals surface area (Å²) in [6.07, 6.45) is 0. The number of benzene rings is 1. The Kier molecular flexibility index (Phi) is 3.62. The molecule has 4 heteroatoms. The average molecular weight is 245 g/mol. The molecule has 0 fully saturated rings. The molecule has 12 heavy (non-hydrogen) atoms. The predicted molar refractivity (Wildman–Crippen MR) is 57.4 cm³/mol. The highest BCUT2D eigenvalue weighted by atomic mass is 79.9. The van der Waals surface area contributed by atoms with Gasteiger partial charge in [-0.15, -0.1) is 0 Å². The number of thioether (sulfide) groups is 1. The third-order valence-corrected chi connectivity index (χ3v) is 2.57. The van der Waals surface area contributed by atoms with E-state index >= 15 is 0 Å². The van der Waals surface area contributed by atoms with Gasteiger partial charge in [-0.1, -0.05) is 39.8 Å². The fourth-order valence-electron chi connectivity index (χ4n) is 0.788. The summed E-state index contributed by atoms with van der Waals surface area (Å²) in [5, 5.41) is 7.19. The van der Waals surface area contributed by atoms with E-state index in [9.17, 15) is 0 Å². The number of halogens is 1. The van der Waals surface area contributed by atoms with Crippen molar-refractivity contribution in [2.75, 3.05) is 0 Å². The minimum atomic E-state index is 0.162. The summed E-state index contributed by atoms with van der Waals surface area (Å²) < 4.78 is 1.06. The zero-order valence-corrected chi connectivity index (χ0v) is 8.78. The van der Waals surface area contributed by atoms with E-state index in [0.717, 1.165) is 10.2 Å². The van der Waals surface area contributed by atoms with E-state index in [-0.39, 0.29) is 5.17 Å². The monoisotopic (exact) mass is 244 g/mol. The Balaban J connectivity index is 2.57. The highest BCUT2D eigenvalue weighted by Crippen LogP contribution is 2.16. The Morgan fingerprint density at radius 2 is 2.33 bits per heavy atom. The van der Waals surface area contributed by atoms with Gasteiger partial charge < -0.3 is 5.73 Å². The standard InChI is InChI=1S/C8H9BrN2S/c9-7-3-1-2-6(4-7)5-12-8(10)11/h1-4H,5H2,(H3,10,11). The van der Waals surface area contributed by atoms with Gasteiger partial charge in [0.15, 0.2) is 5.17 Å². The van der Waals surface area contributed by atoms with Gasteiger partial charge in [0.25, 0.3) is 0 Å². The summed E-state index contributed by atoms with van der Waals surface area (Å²) in [7, 11) is 0. The summed E-state index contributed by atoms with van der Waals surface area (Å²) >= 11 is 4.71. The maximum Gasteiger partial charge on any atom is 0.151 e. The lowest BCUT2D eigenvalue weighted by Crippen LogP contribution is -2.03. The van der Waals surface area contributed by atoms with E-state index in [1.54, 1.807) is 0 Å². The number of hydrogen-bond acceptors (Lipinski definition) is 2. The third-order valence-electron chi connectivity index (χ3n) is 1.28.